The van der Waals surface area contributed by atoms with Crippen LogP contribution < -0.4 is 0 Å². The Bertz CT molecular complexity index is 351. The zero-order valence-corrected chi connectivity index (χ0v) is 12.8. The zero-order valence-electron chi connectivity index (χ0n) is 11.9. The second-order valence-electron chi connectivity index (χ2n) is 5.90. The number of hydrogen-bond donors (Lipinski definition) is 0. The van der Waals surface area contributed by atoms with E-state index in [1.807, 2.05) is 14.1 Å². The maximum atomic E-state index is 11.1. The maximum Gasteiger partial charge on any atom is 0.251 e. The van der Waals surface area contributed by atoms with Gasteiger partial charge >= 0.3 is 0 Å². The van der Waals surface area contributed by atoms with Gasteiger partial charge in [-0.2, -0.15) is 4.40 Å². The highest BCUT2D eigenvalue weighted by molar-refractivity contribution is 7.89. The Kier molecular flexibility index (Phi) is 6.16. The first-order chi connectivity index (χ1) is 7.51. The number of unbranched alkanes of at least 4 members (excludes halogenated alkanes) is 1. The summed E-state index contributed by atoms with van der Waals surface area (Å²) in [5, 5.41) is 0. The summed E-state index contributed by atoms with van der Waals surface area (Å²) in [6, 6.07) is 0. The predicted molar refractivity (Wildman–Crippen MR) is 73.9 cm³/mol. The van der Waals surface area contributed by atoms with Gasteiger partial charge < -0.3 is 4.90 Å². The highest BCUT2D eigenvalue weighted by Crippen LogP contribution is 2.22. The topological polar surface area (TPSA) is 49.7 Å². The monoisotopic (exact) mass is 262 g/mol. The van der Waals surface area contributed by atoms with Crippen molar-refractivity contribution in [2.45, 2.75) is 46.5 Å². The molecule has 0 spiro atoms. The van der Waals surface area contributed by atoms with Gasteiger partial charge in [-0.25, -0.2) is 8.42 Å². The van der Waals surface area contributed by atoms with Crippen LogP contribution in [0.5, 0.6) is 0 Å². The molecule has 0 aliphatic heterocycles. The van der Waals surface area contributed by atoms with E-state index in [1.54, 1.807) is 4.90 Å². The van der Waals surface area contributed by atoms with Crippen LogP contribution in [0, 0.1) is 5.41 Å². The van der Waals surface area contributed by atoms with Crippen LogP contribution in [0.15, 0.2) is 4.40 Å². The molecule has 0 saturated carbocycles. The molecule has 102 valence electrons. The van der Waals surface area contributed by atoms with Crippen LogP contribution in [0.25, 0.3) is 0 Å². The van der Waals surface area contributed by atoms with Gasteiger partial charge in [0.2, 0.25) is 0 Å². The summed E-state index contributed by atoms with van der Waals surface area (Å²) in [6.07, 6.45) is 5.07. The molecular formula is C12H26N2O2S. The van der Waals surface area contributed by atoms with E-state index in [9.17, 15) is 8.42 Å². The minimum absolute atomic E-state index is 0.340. The fourth-order valence-corrected chi connectivity index (χ4v) is 2.12. The second kappa shape index (κ2) is 6.38. The van der Waals surface area contributed by atoms with Crippen LogP contribution in [-0.4, -0.2) is 39.5 Å². The third-order valence-electron chi connectivity index (χ3n) is 2.36. The van der Waals surface area contributed by atoms with Crippen LogP contribution in [0.2, 0.25) is 0 Å². The van der Waals surface area contributed by atoms with Crippen molar-refractivity contribution in [3.8, 4) is 0 Å². The Morgan fingerprint density at radius 3 is 2.06 bits per heavy atom. The largest absolute Gasteiger partial charge is 0.365 e. The van der Waals surface area contributed by atoms with Crippen LogP contribution in [-0.2, 0) is 10.0 Å². The summed E-state index contributed by atoms with van der Waals surface area (Å²) < 4.78 is 26.0. The van der Waals surface area contributed by atoms with Crippen molar-refractivity contribution in [3.63, 3.8) is 0 Å². The van der Waals surface area contributed by atoms with E-state index in [-0.39, 0.29) is 0 Å². The van der Waals surface area contributed by atoms with Gasteiger partial charge in [-0.1, -0.05) is 27.2 Å². The summed E-state index contributed by atoms with van der Waals surface area (Å²) >= 11 is 0. The molecule has 0 aromatic carbocycles. The molecule has 0 saturated heterocycles. The Morgan fingerprint density at radius 2 is 1.71 bits per heavy atom. The Morgan fingerprint density at radius 1 is 1.18 bits per heavy atom. The second-order valence-corrected chi connectivity index (χ2v) is 7.55. The Labute approximate surface area is 106 Å². The van der Waals surface area contributed by atoms with Crippen LogP contribution >= 0.6 is 0 Å². The highest BCUT2D eigenvalue weighted by Gasteiger charge is 2.11. The minimum Gasteiger partial charge on any atom is -0.365 e. The number of amidine groups is 1. The van der Waals surface area contributed by atoms with Crippen LogP contribution in [0.3, 0.4) is 0 Å². The molecule has 0 amide bonds. The summed E-state index contributed by atoms with van der Waals surface area (Å²) in [6.45, 7) is 6.64. The molecule has 0 rings (SSSR count). The predicted octanol–water partition coefficient (Wildman–Crippen LogP) is 2.51. The van der Waals surface area contributed by atoms with E-state index >= 15 is 0 Å². The molecule has 0 aliphatic carbocycles. The van der Waals surface area contributed by atoms with Gasteiger partial charge in [-0.15, -0.1) is 0 Å². The summed E-state index contributed by atoms with van der Waals surface area (Å²) in [7, 11) is 0.367. The van der Waals surface area contributed by atoms with Gasteiger partial charge in [0.1, 0.15) is 5.84 Å². The lowest BCUT2D eigenvalue weighted by Crippen LogP contribution is -2.23. The van der Waals surface area contributed by atoms with E-state index in [0.717, 1.165) is 31.9 Å². The van der Waals surface area contributed by atoms with Gasteiger partial charge in [0.15, 0.2) is 0 Å². The van der Waals surface area contributed by atoms with E-state index in [0.29, 0.717) is 11.3 Å². The maximum absolute atomic E-state index is 11.1. The Balaban J connectivity index is 4.28. The number of nitrogens with zero attached hydrogens (tertiary/aromatic N) is 2. The highest BCUT2D eigenvalue weighted by atomic mass is 32.2. The van der Waals surface area contributed by atoms with Crippen LogP contribution in [0.1, 0.15) is 46.5 Å². The SMILES string of the molecule is CN(C)C(CCCCC(C)(C)C)=NS(C)(=O)=O. The van der Waals surface area contributed by atoms with E-state index in [4.69, 9.17) is 0 Å². The first-order valence-electron chi connectivity index (χ1n) is 5.97. The molecule has 17 heavy (non-hydrogen) atoms. The summed E-state index contributed by atoms with van der Waals surface area (Å²) in [5.74, 6) is 0.640. The van der Waals surface area contributed by atoms with Gasteiger partial charge in [0.05, 0.1) is 6.26 Å². The van der Waals surface area contributed by atoms with Crippen LogP contribution in [0.4, 0.5) is 0 Å². The minimum atomic E-state index is -3.29. The molecule has 0 unspecified atom stereocenters. The van der Waals surface area contributed by atoms with E-state index in [2.05, 4.69) is 25.2 Å². The average Bonchev–Trinajstić information content (AvgIpc) is 2.06. The first kappa shape index (κ1) is 16.4. The summed E-state index contributed by atoms with van der Waals surface area (Å²) in [5.41, 5.74) is 0.340. The number of sulfonamides is 1. The van der Waals surface area contributed by atoms with Gasteiger partial charge in [-0.3, -0.25) is 0 Å². The molecule has 0 fully saturated rings. The van der Waals surface area contributed by atoms with Crippen molar-refractivity contribution in [2.24, 2.45) is 9.81 Å². The fraction of sp³-hybridized carbons (Fsp3) is 0.917. The molecule has 5 heteroatoms. The summed E-state index contributed by atoms with van der Waals surface area (Å²) in [4.78, 5) is 1.78. The third kappa shape index (κ3) is 10.3. The van der Waals surface area contributed by atoms with Gasteiger partial charge in [0.25, 0.3) is 10.0 Å². The smallest absolute Gasteiger partial charge is 0.251 e. The molecule has 0 aromatic heterocycles. The normalized spacial score (nSPS) is 13.9. The first-order valence-corrected chi connectivity index (χ1v) is 7.82. The van der Waals surface area contributed by atoms with Gasteiger partial charge in [-0.05, 0) is 18.3 Å². The molecule has 0 bridgehead atoms. The molecule has 0 N–H and O–H groups in total. The van der Waals surface area contributed by atoms with Crippen molar-refractivity contribution in [3.05, 3.63) is 0 Å². The molecule has 0 atom stereocenters. The third-order valence-corrected chi connectivity index (χ3v) is 2.91. The van der Waals surface area contributed by atoms with Crippen molar-refractivity contribution >= 4 is 15.9 Å². The lowest BCUT2D eigenvalue weighted by molar-refractivity contribution is 0.361. The van der Waals surface area contributed by atoms with Crippen molar-refractivity contribution in [2.75, 3.05) is 20.4 Å². The van der Waals surface area contributed by atoms with Crippen molar-refractivity contribution in [1.82, 2.24) is 4.90 Å². The van der Waals surface area contributed by atoms with Crippen molar-refractivity contribution < 1.29 is 8.42 Å². The van der Waals surface area contributed by atoms with Gasteiger partial charge in [0, 0.05) is 20.5 Å². The molecule has 0 radical (unpaired) electrons. The zero-order chi connectivity index (χ0) is 13.7. The quantitative estimate of drug-likeness (QED) is 0.434. The molecule has 0 heterocycles. The lowest BCUT2D eigenvalue weighted by Gasteiger charge is -2.19. The fourth-order valence-electron chi connectivity index (χ4n) is 1.48. The number of hydrogen-bond acceptors (Lipinski definition) is 2. The lowest BCUT2D eigenvalue weighted by atomic mass is 9.89. The van der Waals surface area contributed by atoms with E-state index < -0.39 is 10.0 Å². The van der Waals surface area contributed by atoms with E-state index in [1.165, 1.54) is 0 Å². The molecular weight excluding hydrogens is 236 g/mol. The molecule has 4 nitrogen and oxygen atoms in total. The molecule has 0 aromatic rings. The Hall–Kier alpha value is -0.580. The molecule has 0 aliphatic rings. The standard InChI is InChI=1S/C12H26N2O2S/c1-12(2,3)10-8-7-9-11(14(4)5)13-17(6,15)16/h7-10H2,1-6H3. The van der Waals surface area contributed by atoms with Crippen molar-refractivity contribution in [1.29, 1.82) is 0 Å². The number of rotatable bonds is 5. The average molecular weight is 262 g/mol.